The molecule has 0 saturated heterocycles. The van der Waals surface area contributed by atoms with Crippen LogP contribution >= 0.6 is 23.1 Å². The summed E-state index contributed by atoms with van der Waals surface area (Å²) in [4.78, 5) is 12.7. The van der Waals surface area contributed by atoms with E-state index in [1.807, 2.05) is 13.8 Å². The van der Waals surface area contributed by atoms with Gasteiger partial charge in [-0.1, -0.05) is 42.0 Å². The third-order valence-electron chi connectivity index (χ3n) is 5.63. The molecule has 32 heavy (non-hydrogen) atoms. The van der Waals surface area contributed by atoms with E-state index in [0.29, 0.717) is 32.6 Å². The van der Waals surface area contributed by atoms with Gasteiger partial charge in [-0.05, 0) is 50.5 Å². The molecule has 1 aliphatic rings. The Labute approximate surface area is 194 Å². The van der Waals surface area contributed by atoms with Crippen LogP contribution in [-0.2, 0) is 4.79 Å². The van der Waals surface area contributed by atoms with E-state index in [-0.39, 0.29) is 17.5 Å². The summed E-state index contributed by atoms with van der Waals surface area (Å²) < 4.78 is 16.1. The van der Waals surface area contributed by atoms with Crippen LogP contribution in [0.3, 0.4) is 0 Å². The zero-order chi connectivity index (χ0) is 22.7. The molecule has 166 valence electrons. The van der Waals surface area contributed by atoms with Crippen LogP contribution in [-0.4, -0.2) is 26.4 Å². The maximum Gasteiger partial charge on any atom is 0.235 e. The van der Waals surface area contributed by atoms with Gasteiger partial charge in [-0.25, -0.2) is 4.39 Å². The molecule has 0 aliphatic heterocycles. The highest BCUT2D eigenvalue weighted by molar-refractivity contribution is 8.01. The quantitative estimate of drug-likeness (QED) is 0.439. The molecular weight excluding hydrogens is 447 g/mol. The van der Waals surface area contributed by atoms with E-state index in [2.05, 4.69) is 31.5 Å². The first-order valence-electron chi connectivity index (χ1n) is 10.4. The minimum absolute atomic E-state index is 0.146. The van der Waals surface area contributed by atoms with Gasteiger partial charge in [0.15, 0.2) is 4.34 Å². The third kappa shape index (κ3) is 4.79. The van der Waals surface area contributed by atoms with Crippen LogP contribution in [0.4, 0.5) is 21.0 Å². The number of nitrogens with zero attached hydrogens (tertiary/aromatic N) is 4. The van der Waals surface area contributed by atoms with Gasteiger partial charge in [-0.3, -0.25) is 4.79 Å². The van der Waals surface area contributed by atoms with Crippen LogP contribution in [0.5, 0.6) is 0 Å². The number of amides is 1. The maximum atomic E-state index is 13.3. The van der Waals surface area contributed by atoms with Gasteiger partial charge in [0, 0.05) is 17.4 Å². The van der Waals surface area contributed by atoms with Crippen LogP contribution < -0.4 is 10.6 Å². The standard InChI is InChI=1S/C22H23FN6OS2/c1-13-14(2)29(17-8-3-4-9-17)20(18(13)11-24)26-19(30)12-31-22-28-27-21(32-22)25-16-7-5-6-15(23)10-16/h5-7,10,17H,3-4,8-9,12H2,1-2H3,(H,25,27)(H,26,30). The largest absolute Gasteiger partial charge is 0.330 e. The molecule has 2 N–H and O–H groups in total. The lowest BCUT2D eigenvalue weighted by Gasteiger charge is -2.19. The zero-order valence-corrected chi connectivity index (χ0v) is 19.4. The number of aromatic nitrogens is 3. The van der Waals surface area contributed by atoms with Crippen molar-refractivity contribution < 1.29 is 9.18 Å². The summed E-state index contributed by atoms with van der Waals surface area (Å²) in [6, 6.07) is 8.67. The van der Waals surface area contributed by atoms with Crippen molar-refractivity contribution in [2.24, 2.45) is 0 Å². The second-order valence-corrected chi connectivity index (χ2v) is 9.90. The summed E-state index contributed by atoms with van der Waals surface area (Å²) >= 11 is 2.56. The Hall–Kier alpha value is -2.90. The number of carbonyl (C=O) groups excluding carboxylic acids is 1. The van der Waals surface area contributed by atoms with Crippen LogP contribution in [0.2, 0.25) is 0 Å². The average Bonchev–Trinajstić information content (AvgIpc) is 3.49. The van der Waals surface area contributed by atoms with Gasteiger partial charge in [0.05, 0.1) is 11.3 Å². The number of benzene rings is 1. The van der Waals surface area contributed by atoms with E-state index < -0.39 is 0 Å². The van der Waals surface area contributed by atoms with E-state index in [0.717, 1.165) is 36.9 Å². The molecule has 1 aliphatic carbocycles. The Kier molecular flexibility index (Phi) is 6.77. The summed E-state index contributed by atoms with van der Waals surface area (Å²) in [5.41, 5.74) is 3.07. The highest BCUT2D eigenvalue weighted by Crippen LogP contribution is 2.38. The number of anilines is 3. The van der Waals surface area contributed by atoms with Gasteiger partial charge in [0.25, 0.3) is 0 Å². The number of nitrogens with one attached hydrogen (secondary N) is 2. The van der Waals surface area contributed by atoms with E-state index in [9.17, 15) is 14.4 Å². The summed E-state index contributed by atoms with van der Waals surface area (Å²) in [6.07, 6.45) is 4.44. The molecule has 1 aromatic carbocycles. The molecule has 2 heterocycles. The molecule has 1 saturated carbocycles. The van der Waals surface area contributed by atoms with Crippen molar-refractivity contribution in [2.45, 2.75) is 49.9 Å². The van der Waals surface area contributed by atoms with Gasteiger partial charge in [0.1, 0.15) is 17.7 Å². The molecule has 3 aromatic rings. The van der Waals surface area contributed by atoms with Gasteiger partial charge >= 0.3 is 0 Å². The maximum absolute atomic E-state index is 13.3. The zero-order valence-electron chi connectivity index (χ0n) is 17.8. The van der Waals surface area contributed by atoms with Crippen molar-refractivity contribution in [3.05, 3.63) is 46.9 Å². The van der Waals surface area contributed by atoms with Crippen LogP contribution in [0.25, 0.3) is 0 Å². The Morgan fingerprint density at radius 3 is 2.84 bits per heavy atom. The monoisotopic (exact) mass is 470 g/mol. The summed E-state index contributed by atoms with van der Waals surface area (Å²) in [5, 5.41) is 24.3. The summed E-state index contributed by atoms with van der Waals surface area (Å²) in [7, 11) is 0. The highest BCUT2D eigenvalue weighted by Gasteiger charge is 2.26. The van der Waals surface area contributed by atoms with E-state index in [1.165, 1.54) is 35.2 Å². The first-order chi connectivity index (χ1) is 15.5. The minimum atomic E-state index is -0.338. The third-order valence-corrected chi connectivity index (χ3v) is 7.60. The van der Waals surface area contributed by atoms with Crippen LogP contribution in [0.1, 0.15) is 48.5 Å². The second-order valence-electron chi connectivity index (χ2n) is 7.70. The molecule has 10 heteroatoms. The van der Waals surface area contributed by atoms with Crippen molar-refractivity contribution in [3.63, 3.8) is 0 Å². The Morgan fingerprint density at radius 1 is 1.34 bits per heavy atom. The van der Waals surface area contributed by atoms with Crippen LogP contribution in [0, 0.1) is 31.0 Å². The molecule has 2 aromatic heterocycles. The molecule has 0 radical (unpaired) electrons. The van der Waals surface area contributed by atoms with Gasteiger partial charge in [-0.15, -0.1) is 10.2 Å². The smallest absolute Gasteiger partial charge is 0.235 e. The van der Waals surface area contributed by atoms with E-state index >= 15 is 0 Å². The predicted molar refractivity (Wildman–Crippen MR) is 125 cm³/mol. The second kappa shape index (κ2) is 9.71. The number of thioether (sulfide) groups is 1. The number of hydrogen-bond acceptors (Lipinski definition) is 7. The number of halogens is 1. The van der Waals surface area contributed by atoms with Crippen molar-refractivity contribution in [1.82, 2.24) is 14.8 Å². The minimum Gasteiger partial charge on any atom is -0.330 e. The Balaban J connectivity index is 1.41. The number of hydrogen-bond donors (Lipinski definition) is 2. The van der Waals surface area contributed by atoms with E-state index in [4.69, 9.17) is 0 Å². The molecular formula is C22H23FN6OS2. The fourth-order valence-electron chi connectivity index (χ4n) is 4.01. The van der Waals surface area contributed by atoms with Crippen molar-refractivity contribution >= 4 is 45.6 Å². The van der Waals surface area contributed by atoms with Crippen molar-refractivity contribution in [3.8, 4) is 6.07 Å². The number of carbonyl (C=O) groups is 1. The molecule has 0 atom stereocenters. The SMILES string of the molecule is Cc1c(C#N)c(NC(=O)CSc2nnc(Nc3cccc(F)c3)s2)n(C2CCCC2)c1C. The highest BCUT2D eigenvalue weighted by atomic mass is 32.2. The van der Waals surface area contributed by atoms with Crippen LogP contribution in [0.15, 0.2) is 28.6 Å². The lowest BCUT2D eigenvalue weighted by atomic mass is 10.2. The molecule has 1 fully saturated rings. The lowest BCUT2D eigenvalue weighted by Crippen LogP contribution is -2.19. The fourth-order valence-corrected chi connectivity index (χ4v) is 5.58. The topological polar surface area (TPSA) is 95.6 Å². The van der Waals surface area contributed by atoms with Gasteiger partial charge in [-0.2, -0.15) is 5.26 Å². The average molecular weight is 471 g/mol. The summed E-state index contributed by atoms with van der Waals surface area (Å²) in [6.45, 7) is 3.94. The van der Waals surface area contributed by atoms with Crippen molar-refractivity contribution in [1.29, 1.82) is 5.26 Å². The molecule has 0 unspecified atom stereocenters. The fraction of sp³-hybridized carbons (Fsp3) is 0.364. The Bertz CT molecular complexity index is 1180. The predicted octanol–water partition coefficient (Wildman–Crippen LogP) is 5.56. The van der Waals surface area contributed by atoms with E-state index in [1.54, 1.807) is 12.1 Å². The normalized spacial score (nSPS) is 13.8. The number of nitriles is 1. The first kappa shape index (κ1) is 22.3. The lowest BCUT2D eigenvalue weighted by molar-refractivity contribution is -0.113. The molecule has 0 bridgehead atoms. The Morgan fingerprint density at radius 2 is 2.12 bits per heavy atom. The number of rotatable bonds is 7. The summed E-state index contributed by atoms with van der Waals surface area (Å²) in [5.74, 6) is 0.215. The van der Waals surface area contributed by atoms with Gasteiger partial charge in [0.2, 0.25) is 11.0 Å². The first-order valence-corrected chi connectivity index (χ1v) is 12.2. The molecule has 4 rings (SSSR count). The molecule has 1 amide bonds. The molecule has 0 spiro atoms. The van der Waals surface area contributed by atoms with Crippen molar-refractivity contribution in [2.75, 3.05) is 16.4 Å². The molecule has 7 nitrogen and oxygen atoms in total. The van der Waals surface area contributed by atoms with Gasteiger partial charge < -0.3 is 15.2 Å².